The van der Waals surface area contributed by atoms with Crippen LogP contribution in [0.5, 0.6) is 0 Å². The third-order valence-corrected chi connectivity index (χ3v) is 7.84. The van der Waals surface area contributed by atoms with E-state index in [0.717, 1.165) is 17.1 Å². The summed E-state index contributed by atoms with van der Waals surface area (Å²) >= 11 is 5.86. The van der Waals surface area contributed by atoms with Crippen LogP contribution in [0, 0.1) is 34.6 Å². The first-order valence-electron chi connectivity index (χ1n) is 13.3. The number of anilines is 1. The molecule has 0 bridgehead atoms. The Bertz CT molecular complexity index is 1490. The summed E-state index contributed by atoms with van der Waals surface area (Å²) in [4.78, 5) is 19.7. The van der Waals surface area contributed by atoms with Gasteiger partial charge in [-0.1, -0.05) is 42.0 Å². The number of hydrogen-bond acceptors (Lipinski definition) is 3. The summed E-state index contributed by atoms with van der Waals surface area (Å²) in [6.45, 7) is 11.3. The second-order valence-corrected chi connectivity index (χ2v) is 10.8. The van der Waals surface area contributed by atoms with E-state index in [9.17, 15) is 4.79 Å². The molecule has 7 heteroatoms. The number of nitrogens with one attached hydrogen (secondary N) is 2. The Labute approximate surface area is 236 Å². The van der Waals surface area contributed by atoms with Gasteiger partial charge in [-0.25, -0.2) is 0 Å². The predicted molar refractivity (Wildman–Crippen MR) is 161 cm³/mol. The van der Waals surface area contributed by atoms with Crippen LogP contribution in [0.4, 0.5) is 5.69 Å². The van der Waals surface area contributed by atoms with Gasteiger partial charge in [0.15, 0.2) is 5.11 Å². The van der Waals surface area contributed by atoms with E-state index in [1.165, 1.54) is 33.6 Å². The molecule has 1 amide bonds. The minimum absolute atomic E-state index is 0.0413. The van der Waals surface area contributed by atoms with Gasteiger partial charge in [-0.2, -0.15) is 0 Å². The molecule has 1 aliphatic heterocycles. The van der Waals surface area contributed by atoms with Crippen LogP contribution in [0.2, 0.25) is 0 Å². The summed E-state index contributed by atoms with van der Waals surface area (Å²) in [6.07, 6.45) is 2.13. The average molecular weight is 538 g/mol. The maximum absolute atomic E-state index is 12.9. The molecule has 2 aromatic heterocycles. The zero-order valence-electron chi connectivity index (χ0n) is 23.2. The Morgan fingerprint density at radius 3 is 2.33 bits per heavy atom. The van der Waals surface area contributed by atoms with Gasteiger partial charge in [-0.3, -0.25) is 9.78 Å². The van der Waals surface area contributed by atoms with Crippen molar-refractivity contribution in [2.75, 3.05) is 11.9 Å². The molecule has 4 aromatic rings. The van der Waals surface area contributed by atoms with E-state index in [0.29, 0.717) is 18.1 Å². The van der Waals surface area contributed by atoms with Gasteiger partial charge in [0.05, 0.1) is 23.5 Å². The number of thiocarbonyl (C=S) groups is 1. The van der Waals surface area contributed by atoms with E-state index >= 15 is 0 Å². The van der Waals surface area contributed by atoms with Gasteiger partial charge >= 0.3 is 0 Å². The Kier molecular flexibility index (Phi) is 7.53. The smallest absolute Gasteiger partial charge is 0.226 e. The first-order valence-corrected chi connectivity index (χ1v) is 13.8. The first-order chi connectivity index (χ1) is 18.7. The van der Waals surface area contributed by atoms with Gasteiger partial charge < -0.3 is 20.1 Å². The molecule has 0 radical (unpaired) electrons. The van der Waals surface area contributed by atoms with Crippen molar-refractivity contribution in [1.29, 1.82) is 0 Å². The van der Waals surface area contributed by atoms with Crippen LogP contribution in [0.25, 0.3) is 5.69 Å². The number of carbonyl (C=O) groups is 1. The second-order valence-electron chi connectivity index (χ2n) is 10.4. The van der Waals surface area contributed by atoms with Gasteiger partial charge in [0.1, 0.15) is 0 Å². The summed E-state index contributed by atoms with van der Waals surface area (Å²) in [5, 5.41) is 7.15. The summed E-state index contributed by atoms with van der Waals surface area (Å²) in [5.74, 6) is -0.0413. The Balaban J connectivity index is 1.52. The van der Waals surface area contributed by atoms with Crippen LogP contribution < -0.4 is 10.6 Å². The Morgan fingerprint density at radius 2 is 1.67 bits per heavy atom. The minimum Gasteiger partial charge on any atom is -0.352 e. The molecule has 5 rings (SSSR count). The molecule has 2 unspecified atom stereocenters. The van der Waals surface area contributed by atoms with Gasteiger partial charge in [-0.15, -0.1) is 0 Å². The van der Waals surface area contributed by atoms with Gasteiger partial charge in [0.25, 0.3) is 0 Å². The molecular weight excluding hydrogens is 502 g/mol. The lowest BCUT2D eigenvalue weighted by atomic mass is 9.96. The third kappa shape index (κ3) is 5.32. The number of amides is 1. The standard InChI is InChI=1S/C32H35N5OS/c1-20-17-21(2)30(22(3)18-20)37-23(4)19-26(24(37)5)31-29(27-13-9-10-15-33-27)35-32(39)36(31)16-14-28(38)34-25-11-7-6-8-12-25/h6-13,15,17-19,29,31H,14,16H2,1-5H3,(H,34,38)(H,35,39). The molecule has 0 saturated carbocycles. The molecule has 2 atom stereocenters. The number of benzene rings is 2. The van der Waals surface area contributed by atoms with Crippen molar-refractivity contribution in [2.24, 2.45) is 0 Å². The SMILES string of the molecule is Cc1cc(C)c(-n2c(C)cc(C3C(c4ccccn4)NC(=S)N3CCC(=O)Nc3ccccc3)c2C)c(C)c1. The van der Waals surface area contributed by atoms with Crippen LogP contribution in [0.1, 0.15) is 57.8 Å². The van der Waals surface area contributed by atoms with Crippen molar-refractivity contribution in [3.63, 3.8) is 0 Å². The Hall–Kier alpha value is -3.97. The highest BCUT2D eigenvalue weighted by Gasteiger charge is 2.41. The van der Waals surface area contributed by atoms with Crippen LogP contribution in [-0.4, -0.2) is 32.0 Å². The van der Waals surface area contributed by atoms with Crippen molar-refractivity contribution in [2.45, 2.75) is 53.1 Å². The topological polar surface area (TPSA) is 62.2 Å². The fourth-order valence-corrected chi connectivity index (χ4v) is 6.24. The maximum Gasteiger partial charge on any atom is 0.226 e. The van der Waals surface area contributed by atoms with Crippen molar-refractivity contribution in [3.8, 4) is 5.69 Å². The lowest BCUT2D eigenvalue weighted by Crippen LogP contribution is -2.32. The third-order valence-electron chi connectivity index (χ3n) is 7.48. The van der Waals surface area contributed by atoms with E-state index in [2.05, 4.69) is 77.9 Å². The number of aromatic nitrogens is 2. The molecule has 6 nitrogen and oxygen atoms in total. The minimum atomic E-state index is -0.134. The largest absolute Gasteiger partial charge is 0.352 e. The highest BCUT2D eigenvalue weighted by Crippen LogP contribution is 2.42. The zero-order chi connectivity index (χ0) is 27.7. The number of aryl methyl sites for hydroxylation is 4. The molecule has 200 valence electrons. The van der Waals surface area contributed by atoms with E-state index in [1.807, 2.05) is 54.7 Å². The normalized spacial score (nSPS) is 16.8. The first kappa shape index (κ1) is 26.6. The van der Waals surface area contributed by atoms with E-state index in [4.69, 9.17) is 12.2 Å². The van der Waals surface area contributed by atoms with Gasteiger partial charge in [0, 0.05) is 36.2 Å². The van der Waals surface area contributed by atoms with Gasteiger partial charge in [0.2, 0.25) is 5.91 Å². The van der Waals surface area contributed by atoms with Gasteiger partial charge in [-0.05, 0) is 93.9 Å². The monoisotopic (exact) mass is 537 g/mol. The summed E-state index contributed by atoms with van der Waals surface area (Å²) < 4.78 is 2.36. The van der Waals surface area contributed by atoms with Crippen LogP contribution in [0.15, 0.2) is 72.9 Å². The fraction of sp³-hybridized carbons (Fsp3) is 0.281. The number of para-hydroxylation sites is 1. The molecule has 1 fully saturated rings. The molecule has 2 aromatic carbocycles. The zero-order valence-corrected chi connectivity index (χ0v) is 24.0. The number of hydrogen-bond donors (Lipinski definition) is 2. The lowest BCUT2D eigenvalue weighted by Gasteiger charge is -2.28. The molecular formula is C32H35N5OS. The quantitative estimate of drug-likeness (QED) is 0.267. The van der Waals surface area contributed by atoms with Crippen molar-refractivity contribution < 1.29 is 4.79 Å². The molecule has 2 N–H and O–H groups in total. The van der Waals surface area contributed by atoms with E-state index < -0.39 is 0 Å². The average Bonchev–Trinajstić information content (AvgIpc) is 3.38. The van der Waals surface area contributed by atoms with Crippen molar-refractivity contribution >= 4 is 28.9 Å². The maximum atomic E-state index is 12.9. The predicted octanol–water partition coefficient (Wildman–Crippen LogP) is 6.42. The van der Waals surface area contributed by atoms with Crippen molar-refractivity contribution in [1.82, 2.24) is 19.8 Å². The van der Waals surface area contributed by atoms with Crippen LogP contribution >= 0.6 is 12.2 Å². The van der Waals surface area contributed by atoms with Crippen molar-refractivity contribution in [3.05, 3.63) is 112 Å². The highest BCUT2D eigenvalue weighted by molar-refractivity contribution is 7.80. The molecule has 39 heavy (non-hydrogen) atoms. The van der Waals surface area contributed by atoms with E-state index in [-0.39, 0.29) is 18.0 Å². The summed E-state index contributed by atoms with van der Waals surface area (Å²) in [7, 11) is 0. The Morgan fingerprint density at radius 1 is 0.974 bits per heavy atom. The highest BCUT2D eigenvalue weighted by atomic mass is 32.1. The number of pyridine rings is 1. The molecule has 1 aliphatic rings. The molecule has 1 saturated heterocycles. The summed E-state index contributed by atoms with van der Waals surface area (Å²) in [5.41, 5.74) is 10.2. The molecule has 3 heterocycles. The molecule has 0 aliphatic carbocycles. The fourth-order valence-electron chi connectivity index (χ4n) is 5.91. The number of carbonyl (C=O) groups excluding carboxylic acids is 1. The van der Waals surface area contributed by atoms with Crippen LogP contribution in [-0.2, 0) is 4.79 Å². The molecule has 0 spiro atoms. The summed E-state index contributed by atoms with van der Waals surface area (Å²) in [6, 6.07) is 22.0. The number of nitrogens with zero attached hydrogens (tertiary/aromatic N) is 3. The van der Waals surface area contributed by atoms with E-state index in [1.54, 1.807) is 0 Å². The lowest BCUT2D eigenvalue weighted by molar-refractivity contribution is -0.116. The second kappa shape index (κ2) is 11.0. The number of rotatable bonds is 7. The van der Waals surface area contributed by atoms with Crippen LogP contribution in [0.3, 0.4) is 0 Å².